The van der Waals surface area contributed by atoms with Gasteiger partial charge in [-0.15, -0.1) is 0 Å². The number of benzene rings is 7. The fourth-order valence-electron chi connectivity index (χ4n) is 8.27. The first kappa shape index (κ1) is 32.4. The first-order valence-corrected chi connectivity index (χ1v) is 18.2. The number of aromatic nitrogens is 3. The van der Waals surface area contributed by atoms with Gasteiger partial charge in [-0.05, 0) is 89.0 Å². The van der Waals surface area contributed by atoms with Crippen LogP contribution in [0.1, 0.15) is 16.7 Å². The Balaban J connectivity index is 1.23. The molecule has 10 aromatic rings. The van der Waals surface area contributed by atoms with Crippen LogP contribution >= 0.6 is 0 Å². The van der Waals surface area contributed by atoms with Crippen molar-refractivity contribution in [3.05, 3.63) is 187 Å². The Morgan fingerprint density at radius 3 is 1.46 bits per heavy atom. The molecule has 0 aliphatic carbocycles. The van der Waals surface area contributed by atoms with Gasteiger partial charge in [0, 0.05) is 38.9 Å². The minimum Gasteiger partial charge on any atom is -0.309 e. The number of para-hydroxylation sites is 2. The first-order valence-electron chi connectivity index (χ1n) is 18.2. The van der Waals surface area contributed by atoms with Crippen molar-refractivity contribution in [2.45, 2.75) is 0 Å². The average molecular weight is 713 g/mol. The van der Waals surface area contributed by atoms with E-state index >= 15 is 0 Å². The van der Waals surface area contributed by atoms with Crippen molar-refractivity contribution in [3.63, 3.8) is 0 Å². The summed E-state index contributed by atoms with van der Waals surface area (Å²) in [4.78, 5) is 4.67. The van der Waals surface area contributed by atoms with Crippen LogP contribution in [0, 0.1) is 34.0 Å². The van der Waals surface area contributed by atoms with E-state index in [1.54, 1.807) is 0 Å². The second-order valence-electron chi connectivity index (χ2n) is 13.7. The highest BCUT2D eigenvalue weighted by atomic mass is 15.0. The molecule has 10 rings (SSSR count). The molecule has 3 aromatic heterocycles. The van der Waals surface area contributed by atoms with Crippen LogP contribution in [0.3, 0.4) is 0 Å². The van der Waals surface area contributed by atoms with E-state index in [0.29, 0.717) is 16.7 Å². The zero-order valence-electron chi connectivity index (χ0n) is 29.8. The third kappa shape index (κ3) is 4.97. The molecule has 56 heavy (non-hydrogen) atoms. The summed E-state index contributed by atoms with van der Waals surface area (Å²) in [6.45, 7) is 0. The zero-order valence-corrected chi connectivity index (χ0v) is 29.8. The van der Waals surface area contributed by atoms with E-state index < -0.39 is 0 Å². The maximum atomic E-state index is 10.2. The molecular weight excluding hydrogens is 685 g/mol. The van der Waals surface area contributed by atoms with Crippen LogP contribution in [0.5, 0.6) is 0 Å². The molecule has 258 valence electrons. The molecule has 3 heterocycles. The van der Waals surface area contributed by atoms with Gasteiger partial charge in [-0.25, -0.2) is 0 Å². The number of rotatable bonds is 5. The van der Waals surface area contributed by atoms with Gasteiger partial charge in [0.25, 0.3) is 0 Å². The zero-order chi connectivity index (χ0) is 37.8. The van der Waals surface area contributed by atoms with Crippen LogP contribution < -0.4 is 0 Å². The van der Waals surface area contributed by atoms with Crippen molar-refractivity contribution >= 4 is 43.6 Å². The van der Waals surface area contributed by atoms with E-state index in [1.807, 2.05) is 103 Å². The number of nitrogens with zero attached hydrogens (tertiary/aromatic N) is 6. The highest BCUT2D eigenvalue weighted by molar-refractivity contribution is 6.13. The summed E-state index contributed by atoms with van der Waals surface area (Å²) in [6.07, 6.45) is 3.73. The Morgan fingerprint density at radius 1 is 0.393 bits per heavy atom. The maximum Gasteiger partial charge on any atom is 0.0998 e. The summed E-state index contributed by atoms with van der Waals surface area (Å²) in [5.74, 6) is 0. The summed E-state index contributed by atoms with van der Waals surface area (Å²) in [6, 6.07) is 59.8. The largest absolute Gasteiger partial charge is 0.309 e. The molecule has 0 amide bonds. The fourth-order valence-corrected chi connectivity index (χ4v) is 8.27. The molecule has 6 nitrogen and oxygen atoms in total. The normalized spacial score (nSPS) is 11.2. The standard InChI is InChI=1S/C50H28N6/c51-28-32-17-20-41(49(25-32)55-45-15-7-5-13-39(45)43-26-33(18-21-47(43)55)37-11-3-1-9-35(37)29-52)42-23-24-54-31-50(42)56-46-16-8-6-14-40(46)44-27-34(19-22-48(44)56)38-12-4-2-10-36(38)30-53/h1-27,31H. The Morgan fingerprint density at radius 2 is 0.893 bits per heavy atom. The third-order valence-electron chi connectivity index (χ3n) is 10.8. The number of pyridine rings is 1. The van der Waals surface area contributed by atoms with Crippen molar-refractivity contribution in [3.8, 4) is 63.0 Å². The summed E-state index contributed by atoms with van der Waals surface area (Å²) in [5.41, 5.74) is 13.2. The molecule has 0 saturated heterocycles. The molecule has 0 spiro atoms. The maximum absolute atomic E-state index is 10.2. The lowest BCUT2D eigenvalue weighted by atomic mass is 9.98. The average Bonchev–Trinajstić information content (AvgIpc) is 3.78. The van der Waals surface area contributed by atoms with Crippen molar-refractivity contribution < 1.29 is 0 Å². The van der Waals surface area contributed by atoms with Gasteiger partial charge < -0.3 is 9.13 Å². The third-order valence-corrected chi connectivity index (χ3v) is 10.8. The van der Waals surface area contributed by atoms with Gasteiger partial charge in [-0.2, -0.15) is 15.8 Å². The summed E-state index contributed by atoms with van der Waals surface area (Å²) in [7, 11) is 0. The van der Waals surface area contributed by atoms with Gasteiger partial charge in [0.05, 0.1) is 74.5 Å². The van der Waals surface area contributed by atoms with Crippen LogP contribution in [-0.4, -0.2) is 14.1 Å². The van der Waals surface area contributed by atoms with Gasteiger partial charge in [-0.3, -0.25) is 4.98 Å². The summed E-state index contributed by atoms with van der Waals surface area (Å²) >= 11 is 0. The lowest BCUT2D eigenvalue weighted by Gasteiger charge is -2.18. The SMILES string of the molecule is N#Cc1ccc(-c2ccncc2-n2c3ccccc3c3cc(-c4ccccc4C#N)ccc32)c(-n2c3ccccc3c3cc(-c4ccccc4C#N)ccc32)c1. The number of hydrogen-bond acceptors (Lipinski definition) is 4. The molecule has 7 aromatic carbocycles. The molecule has 0 unspecified atom stereocenters. The highest BCUT2D eigenvalue weighted by Crippen LogP contribution is 2.42. The fraction of sp³-hybridized carbons (Fsp3) is 0. The number of fused-ring (bicyclic) bond motifs is 6. The molecular formula is C50H28N6. The molecule has 0 radical (unpaired) electrons. The molecule has 6 heteroatoms. The predicted octanol–water partition coefficient (Wildman–Crippen LogP) is 11.9. The van der Waals surface area contributed by atoms with Crippen molar-refractivity contribution in [1.82, 2.24) is 14.1 Å². The van der Waals surface area contributed by atoms with E-state index in [2.05, 4.69) is 99.1 Å². The van der Waals surface area contributed by atoms with Crippen molar-refractivity contribution in [2.24, 2.45) is 0 Å². The number of nitriles is 3. The summed E-state index contributed by atoms with van der Waals surface area (Å²) in [5, 5.41) is 34.3. The Hall–Kier alpha value is -8.24. The molecule has 0 fully saturated rings. The van der Waals surface area contributed by atoms with Gasteiger partial charge in [0.15, 0.2) is 0 Å². The second-order valence-corrected chi connectivity index (χ2v) is 13.7. The predicted molar refractivity (Wildman–Crippen MR) is 223 cm³/mol. The first-order chi connectivity index (χ1) is 27.7. The van der Waals surface area contributed by atoms with E-state index in [0.717, 1.165) is 88.4 Å². The van der Waals surface area contributed by atoms with Crippen molar-refractivity contribution in [1.29, 1.82) is 15.8 Å². The van der Waals surface area contributed by atoms with Gasteiger partial charge in [0.1, 0.15) is 0 Å². The Kier molecular flexibility index (Phi) is 7.53. The van der Waals surface area contributed by atoms with Crippen LogP contribution in [0.2, 0.25) is 0 Å². The van der Waals surface area contributed by atoms with Gasteiger partial charge in [-0.1, -0.05) is 91.0 Å². The van der Waals surface area contributed by atoms with Crippen molar-refractivity contribution in [2.75, 3.05) is 0 Å². The minimum atomic E-state index is 0.548. The highest BCUT2D eigenvalue weighted by Gasteiger charge is 2.22. The monoisotopic (exact) mass is 712 g/mol. The molecule has 0 N–H and O–H groups in total. The van der Waals surface area contributed by atoms with Gasteiger partial charge in [0.2, 0.25) is 0 Å². The second kappa shape index (κ2) is 13.0. The molecule has 0 aliphatic rings. The topological polar surface area (TPSA) is 94.1 Å². The smallest absolute Gasteiger partial charge is 0.0998 e. The van der Waals surface area contributed by atoms with Gasteiger partial charge >= 0.3 is 0 Å². The van der Waals surface area contributed by atoms with E-state index in [4.69, 9.17) is 0 Å². The van der Waals surface area contributed by atoms with E-state index in [-0.39, 0.29) is 0 Å². The summed E-state index contributed by atoms with van der Waals surface area (Å²) < 4.78 is 4.51. The van der Waals surface area contributed by atoms with Crippen LogP contribution in [0.25, 0.3) is 88.4 Å². The minimum absolute atomic E-state index is 0.548. The number of hydrogen-bond donors (Lipinski definition) is 0. The molecule has 0 saturated carbocycles. The lowest BCUT2D eigenvalue weighted by Crippen LogP contribution is -2.02. The quantitative estimate of drug-likeness (QED) is 0.177. The van der Waals surface area contributed by atoms with E-state index in [1.165, 1.54) is 0 Å². The molecule has 0 bridgehead atoms. The Bertz CT molecular complexity index is 3360. The molecule has 0 atom stereocenters. The molecule has 0 aliphatic heterocycles. The van der Waals surface area contributed by atoms with Crippen LogP contribution in [0.15, 0.2) is 170 Å². The lowest BCUT2D eigenvalue weighted by molar-refractivity contribution is 1.13. The van der Waals surface area contributed by atoms with E-state index in [9.17, 15) is 15.8 Å². The van der Waals surface area contributed by atoms with Crippen LogP contribution in [0.4, 0.5) is 0 Å². The van der Waals surface area contributed by atoms with Crippen LogP contribution in [-0.2, 0) is 0 Å². The Labute approximate surface area is 322 Å².